The van der Waals surface area contributed by atoms with Gasteiger partial charge < -0.3 is 9.64 Å². The molecule has 5 heteroatoms. The summed E-state index contributed by atoms with van der Waals surface area (Å²) in [7, 11) is 1.75. The molecule has 0 saturated heterocycles. The molecule has 0 unspecified atom stereocenters. The molecule has 0 aliphatic heterocycles. The summed E-state index contributed by atoms with van der Waals surface area (Å²) in [5.41, 5.74) is 2.80. The Hall–Kier alpha value is -2.43. The molecule has 0 atom stereocenters. The first-order chi connectivity index (χ1) is 11.0. The minimum atomic E-state index is -0.100. The quantitative estimate of drug-likeness (QED) is 0.823. The van der Waals surface area contributed by atoms with E-state index in [0.717, 1.165) is 23.6 Å². The van der Waals surface area contributed by atoms with Gasteiger partial charge in [-0.1, -0.05) is 24.6 Å². The van der Waals surface area contributed by atoms with Crippen LogP contribution in [-0.2, 0) is 6.42 Å². The van der Waals surface area contributed by atoms with Gasteiger partial charge in [0.05, 0.1) is 12.1 Å². The van der Waals surface area contributed by atoms with E-state index in [2.05, 4.69) is 23.0 Å². The summed E-state index contributed by atoms with van der Waals surface area (Å²) in [5.74, 6) is 1.49. The molecule has 0 spiro atoms. The van der Waals surface area contributed by atoms with E-state index in [4.69, 9.17) is 4.74 Å². The molecule has 1 aromatic carbocycles. The van der Waals surface area contributed by atoms with Crippen LogP contribution >= 0.6 is 0 Å². The van der Waals surface area contributed by atoms with E-state index in [1.807, 2.05) is 26.0 Å². The lowest BCUT2D eigenvalue weighted by molar-refractivity contribution is 0.0772. The number of likely N-dealkylation sites (N-methyl/N-ethyl adjacent to an activating group) is 1. The number of benzene rings is 1. The highest BCUT2D eigenvalue weighted by molar-refractivity contribution is 5.93. The van der Waals surface area contributed by atoms with E-state index in [1.165, 1.54) is 5.56 Å². The fourth-order valence-corrected chi connectivity index (χ4v) is 2.22. The van der Waals surface area contributed by atoms with Crippen molar-refractivity contribution in [3.8, 4) is 5.75 Å². The third-order valence-corrected chi connectivity index (χ3v) is 3.63. The Labute approximate surface area is 137 Å². The Kier molecular flexibility index (Phi) is 5.68. The van der Waals surface area contributed by atoms with Gasteiger partial charge in [-0.15, -0.1) is 0 Å². The summed E-state index contributed by atoms with van der Waals surface area (Å²) >= 11 is 0. The number of hydrogen-bond donors (Lipinski definition) is 0. The first kappa shape index (κ1) is 16.9. The fourth-order valence-electron chi connectivity index (χ4n) is 2.22. The third-order valence-electron chi connectivity index (χ3n) is 3.63. The zero-order valence-corrected chi connectivity index (χ0v) is 14.2. The summed E-state index contributed by atoms with van der Waals surface area (Å²) in [6, 6.07) is 6.06. The van der Waals surface area contributed by atoms with Crippen LogP contribution in [0.15, 0.2) is 30.6 Å². The number of nitrogens with zero attached hydrogens (tertiary/aromatic N) is 3. The van der Waals surface area contributed by atoms with Crippen molar-refractivity contribution in [3.63, 3.8) is 0 Å². The molecule has 122 valence electrons. The van der Waals surface area contributed by atoms with Crippen molar-refractivity contribution in [2.45, 2.75) is 27.2 Å². The second-order valence-electron chi connectivity index (χ2n) is 5.59. The third kappa shape index (κ3) is 4.52. The number of carbonyl (C=O) groups is 1. The Bertz CT molecular complexity index is 668. The molecule has 2 aromatic rings. The molecule has 0 N–H and O–H groups in total. The molecule has 5 nitrogen and oxygen atoms in total. The highest BCUT2D eigenvalue weighted by Crippen LogP contribution is 2.18. The van der Waals surface area contributed by atoms with Crippen LogP contribution in [0.5, 0.6) is 5.75 Å². The fraction of sp³-hybridized carbons (Fsp3) is 0.389. The maximum atomic E-state index is 12.3. The van der Waals surface area contributed by atoms with Crippen molar-refractivity contribution in [2.75, 3.05) is 20.2 Å². The van der Waals surface area contributed by atoms with Crippen LogP contribution < -0.4 is 4.74 Å². The summed E-state index contributed by atoms with van der Waals surface area (Å²) < 4.78 is 5.76. The van der Waals surface area contributed by atoms with Gasteiger partial charge in [0, 0.05) is 25.9 Å². The molecule has 1 aromatic heterocycles. The average molecular weight is 313 g/mol. The van der Waals surface area contributed by atoms with E-state index < -0.39 is 0 Å². The summed E-state index contributed by atoms with van der Waals surface area (Å²) in [6.07, 6.45) is 3.92. The predicted octanol–water partition coefficient (Wildman–Crippen LogP) is 2.81. The molecular formula is C18H23N3O2. The van der Waals surface area contributed by atoms with Gasteiger partial charge >= 0.3 is 0 Å². The number of aryl methyl sites for hydroxylation is 3. The molecule has 0 aliphatic rings. The minimum Gasteiger partial charge on any atom is -0.491 e. The molecule has 0 fully saturated rings. The summed E-state index contributed by atoms with van der Waals surface area (Å²) in [5, 5.41) is 0. The monoisotopic (exact) mass is 313 g/mol. The molecule has 1 heterocycles. The number of rotatable bonds is 6. The maximum absolute atomic E-state index is 12.3. The summed E-state index contributed by atoms with van der Waals surface area (Å²) in [4.78, 5) is 22.2. The lowest BCUT2D eigenvalue weighted by Gasteiger charge is -2.18. The van der Waals surface area contributed by atoms with Crippen molar-refractivity contribution in [3.05, 3.63) is 53.1 Å². The van der Waals surface area contributed by atoms with Crippen molar-refractivity contribution in [2.24, 2.45) is 0 Å². The van der Waals surface area contributed by atoms with E-state index >= 15 is 0 Å². The Morgan fingerprint density at radius 3 is 2.52 bits per heavy atom. The molecule has 0 aliphatic carbocycles. The number of carbonyl (C=O) groups excluding carboxylic acids is 1. The zero-order valence-electron chi connectivity index (χ0n) is 14.2. The molecular weight excluding hydrogens is 290 g/mol. The average Bonchev–Trinajstić information content (AvgIpc) is 2.56. The van der Waals surface area contributed by atoms with Gasteiger partial charge in [0.25, 0.3) is 5.91 Å². The van der Waals surface area contributed by atoms with Crippen LogP contribution in [0.2, 0.25) is 0 Å². The van der Waals surface area contributed by atoms with Gasteiger partial charge in [0.1, 0.15) is 18.2 Å². The van der Waals surface area contributed by atoms with Gasteiger partial charge in [-0.25, -0.2) is 9.97 Å². The molecule has 2 rings (SSSR count). The van der Waals surface area contributed by atoms with E-state index in [9.17, 15) is 4.79 Å². The molecule has 1 amide bonds. The van der Waals surface area contributed by atoms with Crippen molar-refractivity contribution in [1.29, 1.82) is 0 Å². The van der Waals surface area contributed by atoms with E-state index in [1.54, 1.807) is 24.3 Å². The van der Waals surface area contributed by atoms with Crippen LogP contribution in [0, 0.1) is 13.8 Å². The Morgan fingerprint density at radius 1 is 1.22 bits per heavy atom. The zero-order chi connectivity index (χ0) is 16.8. The number of aromatic nitrogens is 2. The van der Waals surface area contributed by atoms with E-state index in [0.29, 0.717) is 18.7 Å². The van der Waals surface area contributed by atoms with Crippen molar-refractivity contribution >= 4 is 5.91 Å². The Morgan fingerprint density at radius 2 is 1.91 bits per heavy atom. The Balaban J connectivity index is 1.88. The van der Waals surface area contributed by atoms with Gasteiger partial charge in [0.2, 0.25) is 0 Å². The first-order valence-electron chi connectivity index (χ1n) is 7.77. The summed E-state index contributed by atoms with van der Waals surface area (Å²) in [6.45, 7) is 6.99. The normalized spacial score (nSPS) is 10.4. The molecule has 0 saturated carbocycles. The lowest BCUT2D eigenvalue weighted by atomic mass is 10.1. The predicted molar refractivity (Wildman–Crippen MR) is 89.8 cm³/mol. The standard InChI is InChI=1S/C18H23N3O2/c1-5-17-19-11-15(12-20-17)18(22)21(4)8-9-23-16-7-6-13(2)10-14(16)3/h6-7,10-12H,5,8-9H2,1-4H3. The van der Waals surface area contributed by atoms with Crippen LogP contribution in [-0.4, -0.2) is 41.0 Å². The van der Waals surface area contributed by atoms with Gasteiger partial charge in [-0.05, 0) is 25.5 Å². The number of amides is 1. The largest absolute Gasteiger partial charge is 0.491 e. The second-order valence-corrected chi connectivity index (χ2v) is 5.59. The lowest BCUT2D eigenvalue weighted by Crippen LogP contribution is -2.31. The molecule has 23 heavy (non-hydrogen) atoms. The van der Waals surface area contributed by atoms with Gasteiger partial charge in [0.15, 0.2) is 0 Å². The molecule has 0 bridgehead atoms. The van der Waals surface area contributed by atoms with Crippen LogP contribution in [0.3, 0.4) is 0 Å². The van der Waals surface area contributed by atoms with Crippen molar-refractivity contribution < 1.29 is 9.53 Å². The van der Waals surface area contributed by atoms with E-state index in [-0.39, 0.29) is 5.91 Å². The first-order valence-corrected chi connectivity index (χ1v) is 7.77. The SMILES string of the molecule is CCc1ncc(C(=O)N(C)CCOc2ccc(C)cc2C)cn1. The van der Waals surface area contributed by atoms with Crippen LogP contribution in [0.4, 0.5) is 0 Å². The highest BCUT2D eigenvalue weighted by atomic mass is 16.5. The van der Waals surface area contributed by atoms with Crippen LogP contribution in [0.1, 0.15) is 34.2 Å². The van der Waals surface area contributed by atoms with Gasteiger partial charge in [-0.3, -0.25) is 4.79 Å². The molecule has 0 radical (unpaired) electrons. The van der Waals surface area contributed by atoms with Crippen molar-refractivity contribution in [1.82, 2.24) is 14.9 Å². The topological polar surface area (TPSA) is 55.3 Å². The van der Waals surface area contributed by atoms with Crippen LogP contribution in [0.25, 0.3) is 0 Å². The number of ether oxygens (including phenoxy) is 1. The van der Waals surface area contributed by atoms with Gasteiger partial charge in [-0.2, -0.15) is 0 Å². The second kappa shape index (κ2) is 7.72. The maximum Gasteiger partial charge on any atom is 0.256 e. The number of hydrogen-bond acceptors (Lipinski definition) is 4. The smallest absolute Gasteiger partial charge is 0.256 e. The minimum absolute atomic E-state index is 0.100. The highest BCUT2D eigenvalue weighted by Gasteiger charge is 2.12.